The van der Waals surface area contributed by atoms with Gasteiger partial charge in [-0.25, -0.2) is 0 Å². The third-order valence-electron chi connectivity index (χ3n) is 0.998. The fourth-order valence-electron chi connectivity index (χ4n) is 0.453. The fraction of sp³-hybridized carbons (Fsp3) is 0.200. The van der Waals surface area contributed by atoms with E-state index in [1.165, 1.54) is 11.3 Å². The highest BCUT2D eigenvalue weighted by Gasteiger charge is 2.08. The van der Waals surface area contributed by atoms with Crippen LogP contribution in [0.25, 0.3) is 0 Å². The van der Waals surface area contributed by atoms with Gasteiger partial charge in [-0.1, -0.05) is 22.9 Å². The van der Waals surface area contributed by atoms with Crippen LogP contribution in [0.5, 0.6) is 5.06 Å². The average Bonchev–Trinajstić information content (AvgIpc) is 1.98. The van der Waals surface area contributed by atoms with Crippen LogP contribution < -0.4 is 0 Å². The first-order valence-corrected chi connectivity index (χ1v) is 4.53. The number of hydrogen-bond donors (Lipinski definition) is 1. The summed E-state index contributed by atoms with van der Waals surface area (Å²) < 4.78 is 1.05. The summed E-state index contributed by atoms with van der Waals surface area (Å²) in [6.07, 6.45) is 0. The molecule has 0 amide bonds. The van der Waals surface area contributed by atoms with E-state index in [9.17, 15) is 0 Å². The van der Waals surface area contributed by atoms with Gasteiger partial charge in [-0.3, -0.25) is 0 Å². The SMILES string of the molecule is Cc1c(I)sc(O)c1Cl. The van der Waals surface area contributed by atoms with Crippen molar-refractivity contribution in [2.45, 2.75) is 6.92 Å². The molecule has 1 aromatic rings. The predicted molar refractivity (Wildman–Crippen MR) is 48.4 cm³/mol. The van der Waals surface area contributed by atoms with Crippen LogP contribution in [0.3, 0.4) is 0 Å². The van der Waals surface area contributed by atoms with Gasteiger partial charge in [-0.05, 0) is 35.1 Å². The zero-order chi connectivity index (χ0) is 7.02. The van der Waals surface area contributed by atoms with Crippen molar-refractivity contribution in [2.75, 3.05) is 0 Å². The number of hydrogen-bond acceptors (Lipinski definition) is 2. The Morgan fingerprint density at radius 3 is 2.33 bits per heavy atom. The van der Waals surface area contributed by atoms with Crippen molar-refractivity contribution in [2.24, 2.45) is 0 Å². The molecular formula is C5H4ClIOS. The number of aromatic hydroxyl groups is 1. The van der Waals surface area contributed by atoms with Gasteiger partial charge in [0.25, 0.3) is 0 Å². The first-order chi connectivity index (χ1) is 4.13. The molecule has 0 fully saturated rings. The summed E-state index contributed by atoms with van der Waals surface area (Å²) >= 11 is 9.11. The molecule has 9 heavy (non-hydrogen) atoms. The maximum absolute atomic E-state index is 9.00. The Morgan fingerprint density at radius 2 is 2.22 bits per heavy atom. The van der Waals surface area contributed by atoms with Crippen LogP contribution in [0, 0.1) is 9.81 Å². The second-order valence-corrected chi connectivity index (χ2v) is 4.81. The third kappa shape index (κ3) is 1.33. The largest absolute Gasteiger partial charge is 0.498 e. The van der Waals surface area contributed by atoms with E-state index in [1.807, 2.05) is 6.92 Å². The van der Waals surface area contributed by atoms with Gasteiger partial charge in [0.2, 0.25) is 0 Å². The Hall–Kier alpha value is 0.520. The van der Waals surface area contributed by atoms with Crippen molar-refractivity contribution in [1.29, 1.82) is 0 Å². The van der Waals surface area contributed by atoms with E-state index < -0.39 is 0 Å². The quantitative estimate of drug-likeness (QED) is 0.721. The molecular weight excluding hydrogens is 270 g/mol. The lowest BCUT2D eigenvalue weighted by molar-refractivity contribution is 0.491. The Kier molecular flexibility index (Phi) is 2.23. The van der Waals surface area contributed by atoms with E-state index in [4.69, 9.17) is 16.7 Å². The van der Waals surface area contributed by atoms with Crippen molar-refractivity contribution >= 4 is 45.5 Å². The highest BCUT2D eigenvalue weighted by atomic mass is 127. The lowest BCUT2D eigenvalue weighted by Gasteiger charge is -1.84. The molecule has 0 unspecified atom stereocenters. The second kappa shape index (κ2) is 2.64. The zero-order valence-corrected chi connectivity index (χ0v) is 8.34. The minimum absolute atomic E-state index is 0.221. The van der Waals surface area contributed by atoms with Crippen molar-refractivity contribution < 1.29 is 5.11 Å². The Balaban J connectivity index is 3.29. The Morgan fingerprint density at radius 1 is 1.67 bits per heavy atom. The minimum Gasteiger partial charge on any atom is -0.498 e. The lowest BCUT2D eigenvalue weighted by atomic mass is 10.4. The molecule has 1 nitrogen and oxygen atoms in total. The molecule has 1 rings (SSSR count). The smallest absolute Gasteiger partial charge is 0.191 e. The fourth-order valence-corrected chi connectivity index (χ4v) is 2.44. The number of halogens is 2. The van der Waals surface area contributed by atoms with E-state index in [0.717, 1.165) is 8.45 Å². The van der Waals surface area contributed by atoms with Crippen LogP contribution in [-0.2, 0) is 0 Å². The van der Waals surface area contributed by atoms with Crippen molar-refractivity contribution in [3.63, 3.8) is 0 Å². The molecule has 0 aromatic carbocycles. The summed E-state index contributed by atoms with van der Waals surface area (Å²) in [5, 5.41) is 9.71. The van der Waals surface area contributed by atoms with Gasteiger partial charge in [0.1, 0.15) is 0 Å². The van der Waals surface area contributed by atoms with Crippen LogP contribution in [0.2, 0.25) is 5.02 Å². The van der Waals surface area contributed by atoms with E-state index in [1.54, 1.807) is 0 Å². The maximum atomic E-state index is 9.00. The molecule has 1 aromatic heterocycles. The molecule has 0 spiro atoms. The van der Waals surface area contributed by atoms with Gasteiger partial charge in [0.15, 0.2) is 5.06 Å². The molecule has 0 aliphatic carbocycles. The van der Waals surface area contributed by atoms with Gasteiger partial charge in [0, 0.05) is 0 Å². The molecule has 0 saturated heterocycles. The van der Waals surface area contributed by atoms with Gasteiger partial charge >= 0.3 is 0 Å². The molecule has 0 bridgehead atoms. The number of thiophene rings is 1. The molecule has 0 atom stereocenters. The topological polar surface area (TPSA) is 20.2 Å². The van der Waals surface area contributed by atoms with Gasteiger partial charge in [-0.15, -0.1) is 0 Å². The highest BCUT2D eigenvalue weighted by Crippen LogP contribution is 2.38. The summed E-state index contributed by atoms with van der Waals surface area (Å²) in [6, 6.07) is 0. The average molecular weight is 275 g/mol. The van der Waals surface area contributed by atoms with E-state index in [-0.39, 0.29) is 5.06 Å². The van der Waals surface area contributed by atoms with E-state index in [0.29, 0.717) is 5.02 Å². The molecule has 0 aliphatic heterocycles. The van der Waals surface area contributed by atoms with Crippen molar-refractivity contribution in [3.05, 3.63) is 13.5 Å². The molecule has 0 radical (unpaired) electrons. The molecule has 0 saturated carbocycles. The van der Waals surface area contributed by atoms with Crippen LogP contribution in [0.1, 0.15) is 5.56 Å². The second-order valence-electron chi connectivity index (χ2n) is 1.62. The summed E-state index contributed by atoms with van der Waals surface area (Å²) in [4.78, 5) is 0. The van der Waals surface area contributed by atoms with Crippen LogP contribution in [0.15, 0.2) is 0 Å². The van der Waals surface area contributed by atoms with Crippen molar-refractivity contribution in [3.8, 4) is 5.06 Å². The third-order valence-corrected chi connectivity index (χ3v) is 3.93. The molecule has 0 aliphatic rings. The van der Waals surface area contributed by atoms with Gasteiger partial charge < -0.3 is 5.11 Å². The summed E-state index contributed by atoms with van der Waals surface area (Å²) in [5.41, 5.74) is 0.972. The summed E-state index contributed by atoms with van der Waals surface area (Å²) in [6.45, 7) is 1.89. The van der Waals surface area contributed by atoms with Crippen LogP contribution in [0.4, 0.5) is 0 Å². The Labute approximate surface area is 75.8 Å². The Bertz CT molecular complexity index is 211. The maximum Gasteiger partial charge on any atom is 0.191 e. The molecule has 50 valence electrons. The lowest BCUT2D eigenvalue weighted by Crippen LogP contribution is -1.65. The standard InChI is InChI=1S/C5H4ClIOS/c1-2-3(6)5(8)9-4(2)7/h8H,1H3. The predicted octanol–water partition coefficient (Wildman–Crippen LogP) is 3.02. The van der Waals surface area contributed by atoms with Gasteiger partial charge in [0.05, 0.1) is 7.91 Å². The number of rotatable bonds is 0. The van der Waals surface area contributed by atoms with Crippen molar-refractivity contribution in [1.82, 2.24) is 0 Å². The van der Waals surface area contributed by atoms with E-state index in [2.05, 4.69) is 22.6 Å². The first-order valence-electron chi connectivity index (χ1n) is 2.26. The molecule has 1 N–H and O–H groups in total. The van der Waals surface area contributed by atoms with Crippen LogP contribution >= 0.6 is 45.5 Å². The van der Waals surface area contributed by atoms with E-state index >= 15 is 0 Å². The highest BCUT2D eigenvalue weighted by molar-refractivity contribution is 14.1. The molecule has 1 heterocycles. The first kappa shape index (κ1) is 7.63. The van der Waals surface area contributed by atoms with Gasteiger partial charge in [-0.2, -0.15) is 0 Å². The zero-order valence-electron chi connectivity index (χ0n) is 4.61. The van der Waals surface area contributed by atoms with Crippen LogP contribution in [-0.4, -0.2) is 5.11 Å². The summed E-state index contributed by atoms with van der Waals surface area (Å²) in [5.74, 6) is 0. The normalized spacial score (nSPS) is 10.1. The summed E-state index contributed by atoms with van der Waals surface area (Å²) in [7, 11) is 0. The molecule has 4 heteroatoms. The monoisotopic (exact) mass is 274 g/mol. The minimum atomic E-state index is 0.221.